The summed E-state index contributed by atoms with van der Waals surface area (Å²) in [6.07, 6.45) is 0.0460. The fourth-order valence-electron chi connectivity index (χ4n) is 3.98. The number of ether oxygens (including phenoxy) is 2. The van der Waals surface area contributed by atoms with E-state index in [9.17, 15) is 18.0 Å². The van der Waals surface area contributed by atoms with E-state index in [1.807, 2.05) is 0 Å². The van der Waals surface area contributed by atoms with Gasteiger partial charge in [0.05, 0.1) is 30.2 Å². The first kappa shape index (κ1) is 21.2. The van der Waals surface area contributed by atoms with Gasteiger partial charge in [0.25, 0.3) is 15.9 Å². The van der Waals surface area contributed by atoms with Crippen LogP contribution in [0.5, 0.6) is 5.75 Å². The monoisotopic (exact) mass is 444 g/mol. The van der Waals surface area contributed by atoms with Gasteiger partial charge in [0, 0.05) is 13.1 Å². The number of sulfonamides is 1. The molecular weight excluding hydrogens is 420 g/mol. The zero-order valence-corrected chi connectivity index (χ0v) is 18.0. The van der Waals surface area contributed by atoms with Crippen molar-refractivity contribution in [3.8, 4) is 5.75 Å². The Hall–Kier alpha value is -3.07. The maximum absolute atomic E-state index is 13.3. The summed E-state index contributed by atoms with van der Waals surface area (Å²) in [6.45, 7) is 0.668. The van der Waals surface area contributed by atoms with Crippen molar-refractivity contribution in [2.24, 2.45) is 5.92 Å². The average molecular weight is 445 g/mol. The number of likely N-dealkylation sites (tertiary alicyclic amines) is 1. The highest BCUT2D eigenvalue weighted by Crippen LogP contribution is 2.37. The fourth-order valence-corrected chi connectivity index (χ4v) is 5.48. The number of fused-ring (bicyclic) bond motifs is 1. The number of amides is 1. The summed E-state index contributed by atoms with van der Waals surface area (Å²) in [5, 5.41) is 0. The molecule has 1 amide bonds. The topological polar surface area (TPSA) is 93.2 Å². The second-order valence-corrected chi connectivity index (χ2v) is 9.41. The molecule has 2 heterocycles. The number of benzene rings is 2. The first-order chi connectivity index (χ1) is 14.9. The molecule has 1 fully saturated rings. The maximum Gasteiger partial charge on any atom is 0.308 e. The van der Waals surface area contributed by atoms with Crippen LogP contribution in [-0.4, -0.2) is 58.0 Å². The lowest BCUT2D eigenvalue weighted by molar-refractivity contribution is -0.150. The Kier molecular flexibility index (Phi) is 5.86. The second kappa shape index (κ2) is 8.58. The van der Waals surface area contributed by atoms with Gasteiger partial charge in [-0.2, -0.15) is 0 Å². The lowest BCUT2D eigenvalue weighted by Gasteiger charge is -2.38. The third kappa shape index (κ3) is 4.10. The molecule has 1 saturated heterocycles. The summed E-state index contributed by atoms with van der Waals surface area (Å²) in [6, 6.07) is 14.9. The van der Waals surface area contributed by atoms with Gasteiger partial charge in [0.1, 0.15) is 5.75 Å². The van der Waals surface area contributed by atoms with Gasteiger partial charge in [-0.1, -0.05) is 30.3 Å². The molecule has 0 N–H and O–H groups in total. The Morgan fingerprint density at radius 3 is 2.32 bits per heavy atom. The first-order valence-corrected chi connectivity index (χ1v) is 11.6. The Balaban J connectivity index is 1.57. The number of piperidine rings is 1. The van der Waals surface area contributed by atoms with Gasteiger partial charge in [0.15, 0.2) is 6.10 Å². The van der Waals surface area contributed by atoms with Crippen LogP contribution in [-0.2, 0) is 24.3 Å². The number of methoxy groups -OCH3 is 1. The highest BCUT2D eigenvalue weighted by molar-refractivity contribution is 7.92. The Labute approximate surface area is 181 Å². The molecule has 4 rings (SSSR count). The molecule has 0 aromatic heterocycles. The molecule has 0 saturated carbocycles. The molecule has 1 atom stereocenters. The van der Waals surface area contributed by atoms with E-state index in [0.717, 1.165) is 0 Å². The Bertz CT molecular complexity index is 1060. The SMILES string of the molecule is COC(=O)C1CCN(C(=O)[C@H]2CN(S(=O)(=O)c3ccccc3)c3ccccc3O2)CC1. The molecular formula is C22H24N2O6S. The normalized spacial score (nSPS) is 19.3. The van der Waals surface area contributed by atoms with Crippen molar-refractivity contribution >= 4 is 27.6 Å². The lowest BCUT2D eigenvalue weighted by atomic mass is 9.96. The number of para-hydroxylation sites is 2. The van der Waals surface area contributed by atoms with E-state index in [1.54, 1.807) is 47.4 Å². The summed E-state index contributed by atoms with van der Waals surface area (Å²) >= 11 is 0. The lowest BCUT2D eigenvalue weighted by Crippen LogP contribution is -2.53. The predicted molar refractivity (Wildman–Crippen MR) is 113 cm³/mol. The van der Waals surface area contributed by atoms with Crippen LogP contribution in [0, 0.1) is 5.92 Å². The van der Waals surface area contributed by atoms with E-state index in [1.165, 1.54) is 23.5 Å². The number of esters is 1. The summed E-state index contributed by atoms with van der Waals surface area (Å²) in [7, 11) is -2.52. The number of hydrogen-bond donors (Lipinski definition) is 0. The van der Waals surface area contributed by atoms with Crippen molar-refractivity contribution in [3.63, 3.8) is 0 Å². The minimum absolute atomic E-state index is 0.121. The smallest absolute Gasteiger partial charge is 0.308 e. The number of carbonyl (C=O) groups excluding carboxylic acids is 2. The molecule has 9 heteroatoms. The van der Waals surface area contributed by atoms with E-state index in [0.29, 0.717) is 37.4 Å². The van der Waals surface area contributed by atoms with Crippen LogP contribution in [0.1, 0.15) is 12.8 Å². The number of nitrogens with zero attached hydrogens (tertiary/aromatic N) is 2. The number of hydrogen-bond acceptors (Lipinski definition) is 6. The third-order valence-electron chi connectivity index (χ3n) is 5.68. The largest absolute Gasteiger partial charge is 0.476 e. The van der Waals surface area contributed by atoms with Crippen LogP contribution in [0.2, 0.25) is 0 Å². The molecule has 164 valence electrons. The Morgan fingerprint density at radius 1 is 1.00 bits per heavy atom. The summed E-state index contributed by atoms with van der Waals surface area (Å²) in [5.41, 5.74) is 0.403. The average Bonchev–Trinajstić information content (AvgIpc) is 2.83. The van der Waals surface area contributed by atoms with Crippen molar-refractivity contribution in [3.05, 3.63) is 54.6 Å². The van der Waals surface area contributed by atoms with Crippen molar-refractivity contribution in [2.45, 2.75) is 23.8 Å². The fraction of sp³-hybridized carbons (Fsp3) is 0.364. The van der Waals surface area contributed by atoms with E-state index in [2.05, 4.69) is 0 Å². The van der Waals surface area contributed by atoms with Crippen LogP contribution in [0.4, 0.5) is 5.69 Å². The standard InChI is InChI=1S/C22H24N2O6S/c1-29-22(26)16-11-13-23(14-12-16)21(25)20-15-24(18-9-5-6-10-19(18)30-20)31(27,28)17-7-3-2-4-8-17/h2-10,16,20H,11-15H2,1H3/t20-/m1/s1. The van der Waals surface area contributed by atoms with E-state index < -0.39 is 16.1 Å². The highest BCUT2D eigenvalue weighted by Gasteiger charge is 2.40. The molecule has 8 nitrogen and oxygen atoms in total. The zero-order valence-electron chi connectivity index (χ0n) is 17.1. The molecule has 2 aliphatic rings. The predicted octanol–water partition coefficient (Wildman–Crippen LogP) is 2.05. The first-order valence-electron chi connectivity index (χ1n) is 10.1. The molecule has 31 heavy (non-hydrogen) atoms. The summed E-state index contributed by atoms with van der Waals surface area (Å²) in [4.78, 5) is 26.7. The minimum Gasteiger partial charge on any atom is -0.476 e. The van der Waals surface area contributed by atoms with Crippen LogP contribution in [0.15, 0.2) is 59.5 Å². The minimum atomic E-state index is -3.87. The van der Waals surface area contributed by atoms with Gasteiger partial charge in [0.2, 0.25) is 0 Å². The molecule has 0 radical (unpaired) electrons. The van der Waals surface area contributed by atoms with Gasteiger partial charge < -0.3 is 14.4 Å². The van der Waals surface area contributed by atoms with Crippen molar-refractivity contribution < 1.29 is 27.5 Å². The number of rotatable bonds is 4. The molecule has 2 aromatic carbocycles. The Morgan fingerprint density at radius 2 is 1.65 bits per heavy atom. The van der Waals surface area contributed by atoms with Gasteiger partial charge in [-0.15, -0.1) is 0 Å². The molecule has 0 unspecified atom stereocenters. The maximum atomic E-state index is 13.3. The summed E-state index contributed by atoms with van der Waals surface area (Å²) < 4.78 is 38.6. The van der Waals surface area contributed by atoms with E-state index in [4.69, 9.17) is 9.47 Å². The quantitative estimate of drug-likeness (QED) is 0.670. The number of carbonyl (C=O) groups is 2. The van der Waals surface area contributed by atoms with Gasteiger partial charge in [-0.3, -0.25) is 13.9 Å². The zero-order chi connectivity index (χ0) is 22.0. The molecule has 0 bridgehead atoms. The summed E-state index contributed by atoms with van der Waals surface area (Å²) in [5.74, 6) is -0.436. The van der Waals surface area contributed by atoms with Gasteiger partial charge in [-0.05, 0) is 37.1 Å². The van der Waals surface area contributed by atoms with E-state index in [-0.39, 0.29) is 29.2 Å². The van der Waals surface area contributed by atoms with Crippen molar-refractivity contribution in [1.29, 1.82) is 0 Å². The van der Waals surface area contributed by atoms with Gasteiger partial charge >= 0.3 is 5.97 Å². The highest BCUT2D eigenvalue weighted by atomic mass is 32.2. The van der Waals surface area contributed by atoms with Crippen molar-refractivity contribution in [2.75, 3.05) is 31.0 Å². The van der Waals surface area contributed by atoms with Crippen LogP contribution < -0.4 is 9.04 Å². The van der Waals surface area contributed by atoms with Gasteiger partial charge in [-0.25, -0.2) is 8.42 Å². The van der Waals surface area contributed by atoms with Crippen LogP contribution in [0.25, 0.3) is 0 Å². The van der Waals surface area contributed by atoms with Crippen LogP contribution >= 0.6 is 0 Å². The molecule has 0 spiro atoms. The molecule has 2 aromatic rings. The molecule has 0 aliphatic carbocycles. The third-order valence-corrected chi connectivity index (χ3v) is 7.48. The number of anilines is 1. The van der Waals surface area contributed by atoms with Crippen molar-refractivity contribution in [1.82, 2.24) is 4.90 Å². The van der Waals surface area contributed by atoms with Crippen LogP contribution in [0.3, 0.4) is 0 Å². The second-order valence-electron chi connectivity index (χ2n) is 7.55. The molecule has 2 aliphatic heterocycles. The van der Waals surface area contributed by atoms with E-state index >= 15 is 0 Å².